The van der Waals surface area contributed by atoms with E-state index in [9.17, 15) is 17.6 Å². The van der Waals surface area contributed by atoms with Gasteiger partial charge in [0.15, 0.2) is 0 Å². The Morgan fingerprint density at radius 2 is 1.00 bits per heavy atom. The van der Waals surface area contributed by atoms with E-state index in [0.717, 1.165) is 12.1 Å². The van der Waals surface area contributed by atoms with Crippen LogP contribution in [0.1, 0.15) is 16.7 Å². The van der Waals surface area contributed by atoms with E-state index >= 15 is 0 Å². The largest absolute Gasteiger partial charge is 0.417 e. The lowest BCUT2D eigenvalue weighted by Gasteiger charge is -2.19. The number of halogens is 4. The lowest BCUT2D eigenvalue weighted by Crippen LogP contribution is -2.14. The zero-order chi connectivity index (χ0) is 17.9. The number of alkyl halides is 3. The molecule has 0 heterocycles. The van der Waals surface area contributed by atoms with Crippen molar-refractivity contribution in [3.05, 3.63) is 107 Å². The van der Waals surface area contributed by atoms with Crippen molar-refractivity contribution in [3.8, 4) is 0 Å². The molecule has 126 valence electrons. The van der Waals surface area contributed by atoms with Gasteiger partial charge < -0.3 is 0 Å². The first-order valence-electron chi connectivity index (χ1n) is 7.65. The fourth-order valence-electron chi connectivity index (χ4n) is 2.73. The van der Waals surface area contributed by atoms with Crippen LogP contribution in [0.3, 0.4) is 0 Å². The Morgan fingerprint density at radius 3 is 1.48 bits per heavy atom. The van der Waals surface area contributed by atoms with Crippen LogP contribution < -0.4 is 0 Å². The lowest BCUT2D eigenvalue weighted by molar-refractivity contribution is -0.0685. The van der Waals surface area contributed by atoms with Gasteiger partial charge in [0, 0.05) is 5.57 Å². The van der Waals surface area contributed by atoms with Crippen molar-refractivity contribution in [2.75, 3.05) is 0 Å². The summed E-state index contributed by atoms with van der Waals surface area (Å²) in [5.41, 5.74) is 0.0810. The molecule has 0 amide bonds. The number of hydrogen-bond donors (Lipinski definition) is 0. The average Bonchev–Trinajstić information content (AvgIpc) is 2.61. The summed E-state index contributed by atoms with van der Waals surface area (Å²) in [6.07, 6.45) is -4.57. The zero-order valence-electron chi connectivity index (χ0n) is 13.1. The Kier molecular flexibility index (Phi) is 4.70. The summed E-state index contributed by atoms with van der Waals surface area (Å²) < 4.78 is 55.2. The van der Waals surface area contributed by atoms with E-state index in [1.54, 1.807) is 48.5 Å². The van der Waals surface area contributed by atoms with Gasteiger partial charge >= 0.3 is 6.18 Å². The maximum absolute atomic E-state index is 14.0. The minimum absolute atomic E-state index is 0.0271. The van der Waals surface area contributed by atoms with Gasteiger partial charge in [-0.15, -0.1) is 0 Å². The van der Waals surface area contributed by atoms with Crippen LogP contribution in [0.2, 0.25) is 0 Å². The molecule has 0 fully saturated rings. The zero-order valence-corrected chi connectivity index (χ0v) is 13.1. The molecule has 0 atom stereocenters. The van der Waals surface area contributed by atoms with E-state index in [0.29, 0.717) is 11.1 Å². The third kappa shape index (κ3) is 3.79. The normalized spacial score (nSPS) is 12.6. The second-order valence-corrected chi connectivity index (χ2v) is 5.49. The molecule has 0 aliphatic rings. The van der Waals surface area contributed by atoms with Crippen molar-refractivity contribution in [2.24, 2.45) is 0 Å². The SMILES string of the molecule is Fc1ccc(C(=C(c2ccccc2)C(F)(F)F)c2ccccc2)cc1. The summed E-state index contributed by atoms with van der Waals surface area (Å²) in [4.78, 5) is 0. The molecule has 3 aromatic carbocycles. The Morgan fingerprint density at radius 1 is 0.560 bits per heavy atom. The number of hydrogen-bond acceptors (Lipinski definition) is 0. The minimum atomic E-state index is -4.57. The fraction of sp³-hybridized carbons (Fsp3) is 0.0476. The summed E-state index contributed by atoms with van der Waals surface area (Å²) in [6, 6.07) is 21.0. The van der Waals surface area contributed by atoms with E-state index < -0.39 is 17.6 Å². The molecule has 3 rings (SSSR count). The molecule has 0 N–H and O–H groups in total. The fourth-order valence-corrected chi connectivity index (χ4v) is 2.73. The van der Waals surface area contributed by atoms with Crippen LogP contribution in [0.4, 0.5) is 17.6 Å². The molecular weight excluding hydrogens is 328 g/mol. The Balaban J connectivity index is 2.37. The van der Waals surface area contributed by atoms with E-state index in [-0.39, 0.29) is 11.1 Å². The second-order valence-electron chi connectivity index (χ2n) is 5.49. The van der Waals surface area contributed by atoms with Crippen LogP contribution in [0.5, 0.6) is 0 Å². The smallest absolute Gasteiger partial charge is 0.207 e. The van der Waals surface area contributed by atoms with Crippen molar-refractivity contribution in [1.29, 1.82) is 0 Å². The molecule has 0 aliphatic carbocycles. The van der Waals surface area contributed by atoms with E-state index in [4.69, 9.17) is 0 Å². The molecule has 0 spiro atoms. The average molecular weight is 342 g/mol. The van der Waals surface area contributed by atoms with Gasteiger partial charge in [-0.2, -0.15) is 13.2 Å². The van der Waals surface area contributed by atoms with Crippen LogP contribution in [0, 0.1) is 5.82 Å². The highest BCUT2D eigenvalue weighted by atomic mass is 19.4. The van der Waals surface area contributed by atoms with E-state index in [2.05, 4.69) is 0 Å². The predicted octanol–water partition coefficient (Wildman–Crippen LogP) is 6.35. The highest BCUT2D eigenvalue weighted by Gasteiger charge is 2.38. The molecule has 0 unspecified atom stereocenters. The van der Waals surface area contributed by atoms with E-state index in [1.807, 2.05) is 0 Å². The first kappa shape index (κ1) is 17.0. The lowest BCUT2D eigenvalue weighted by atomic mass is 9.89. The van der Waals surface area contributed by atoms with Gasteiger partial charge in [0.05, 0.1) is 5.57 Å². The van der Waals surface area contributed by atoms with Gasteiger partial charge in [-0.05, 0) is 28.8 Å². The van der Waals surface area contributed by atoms with Crippen molar-refractivity contribution >= 4 is 11.1 Å². The maximum Gasteiger partial charge on any atom is 0.417 e. The molecule has 0 nitrogen and oxygen atoms in total. The monoisotopic (exact) mass is 342 g/mol. The molecule has 3 aromatic rings. The summed E-state index contributed by atoms with van der Waals surface area (Å²) in [5, 5.41) is 0. The van der Waals surface area contributed by atoms with Gasteiger partial charge in [-0.3, -0.25) is 0 Å². The first-order valence-corrected chi connectivity index (χ1v) is 7.65. The van der Waals surface area contributed by atoms with Crippen LogP contribution in [0.25, 0.3) is 11.1 Å². The van der Waals surface area contributed by atoms with Gasteiger partial charge in [-0.1, -0.05) is 72.8 Å². The number of rotatable bonds is 3. The minimum Gasteiger partial charge on any atom is -0.207 e. The standard InChI is InChI=1S/C21H14F4/c22-18-13-11-16(12-14-18)19(15-7-3-1-4-8-15)20(21(23,24)25)17-9-5-2-6-10-17/h1-14H. The van der Waals surface area contributed by atoms with Crippen LogP contribution >= 0.6 is 0 Å². The Labute approximate surface area is 143 Å². The van der Waals surface area contributed by atoms with Crippen molar-refractivity contribution in [2.45, 2.75) is 6.18 Å². The number of allylic oxidation sites excluding steroid dienone is 1. The van der Waals surface area contributed by atoms with Gasteiger partial charge in [0.1, 0.15) is 5.82 Å². The number of benzene rings is 3. The Bertz CT molecular complexity index is 861. The topological polar surface area (TPSA) is 0 Å². The highest BCUT2D eigenvalue weighted by molar-refractivity contribution is 6.00. The van der Waals surface area contributed by atoms with Crippen LogP contribution in [-0.2, 0) is 0 Å². The van der Waals surface area contributed by atoms with E-state index in [1.165, 1.54) is 24.3 Å². The van der Waals surface area contributed by atoms with Gasteiger partial charge in [0.25, 0.3) is 0 Å². The van der Waals surface area contributed by atoms with Gasteiger partial charge in [0.2, 0.25) is 0 Å². The molecule has 0 aliphatic heterocycles. The van der Waals surface area contributed by atoms with Crippen molar-refractivity contribution in [3.63, 3.8) is 0 Å². The molecule has 0 radical (unpaired) electrons. The van der Waals surface area contributed by atoms with Gasteiger partial charge in [-0.25, -0.2) is 4.39 Å². The summed E-state index contributed by atoms with van der Waals surface area (Å²) in [6.45, 7) is 0. The van der Waals surface area contributed by atoms with Crippen molar-refractivity contribution in [1.82, 2.24) is 0 Å². The maximum atomic E-state index is 14.0. The summed E-state index contributed by atoms with van der Waals surface area (Å²) >= 11 is 0. The molecule has 0 saturated heterocycles. The third-order valence-corrected chi connectivity index (χ3v) is 3.79. The van der Waals surface area contributed by atoms with Crippen molar-refractivity contribution < 1.29 is 17.6 Å². The molecule has 0 bridgehead atoms. The summed E-state index contributed by atoms with van der Waals surface area (Å²) in [7, 11) is 0. The van der Waals surface area contributed by atoms with Crippen LogP contribution in [-0.4, -0.2) is 6.18 Å². The third-order valence-electron chi connectivity index (χ3n) is 3.79. The predicted molar refractivity (Wildman–Crippen MR) is 91.3 cm³/mol. The molecule has 4 heteroatoms. The molecule has 25 heavy (non-hydrogen) atoms. The molecule has 0 aromatic heterocycles. The summed E-state index contributed by atoms with van der Waals surface area (Å²) in [5.74, 6) is -0.496. The first-order chi connectivity index (χ1) is 12.0. The molecular formula is C21H14F4. The van der Waals surface area contributed by atoms with Crippen LogP contribution in [0.15, 0.2) is 84.9 Å². The quantitative estimate of drug-likeness (QED) is 0.384. The Hall–Kier alpha value is -2.88. The second kappa shape index (κ2) is 6.93. The highest BCUT2D eigenvalue weighted by Crippen LogP contribution is 2.42. The molecule has 0 saturated carbocycles.